The lowest BCUT2D eigenvalue weighted by Crippen LogP contribution is -2.41. The van der Waals surface area contributed by atoms with Crippen LogP contribution in [0, 0.1) is 0 Å². The average molecular weight is 438 g/mol. The number of aromatic nitrogens is 3. The minimum Gasteiger partial charge on any atom is -0.497 e. The summed E-state index contributed by atoms with van der Waals surface area (Å²) in [5.41, 5.74) is 6.46. The number of anilines is 1. The summed E-state index contributed by atoms with van der Waals surface area (Å²) in [6.07, 6.45) is 2.63. The molecule has 2 atom stereocenters. The van der Waals surface area contributed by atoms with E-state index in [1.54, 1.807) is 7.11 Å². The number of para-hydroxylation sites is 1. The van der Waals surface area contributed by atoms with Crippen LogP contribution >= 0.6 is 11.8 Å². The molecule has 2 heterocycles. The van der Waals surface area contributed by atoms with E-state index in [9.17, 15) is 4.79 Å². The van der Waals surface area contributed by atoms with Gasteiger partial charge in [0.05, 0.1) is 13.2 Å². The first-order valence-electron chi connectivity index (χ1n) is 10.5. The van der Waals surface area contributed by atoms with Gasteiger partial charge >= 0.3 is 0 Å². The van der Waals surface area contributed by atoms with Gasteiger partial charge in [-0.05, 0) is 42.2 Å². The molecule has 0 fully saturated rings. The van der Waals surface area contributed by atoms with Crippen molar-refractivity contribution < 1.29 is 9.53 Å². The number of amides is 1. The Labute approximate surface area is 186 Å². The summed E-state index contributed by atoms with van der Waals surface area (Å²) in [5.74, 6) is 1.59. The first kappa shape index (κ1) is 21.2. The number of ether oxygens (including phenoxy) is 1. The van der Waals surface area contributed by atoms with E-state index in [1.165, 1.54) is 11.8 Å². The highest BCUT2D eigenvalue weighted by atomic mass is 32.2. The number of aryl methyl sites for hydroxylation is 2. The molecule has 0 radical (unpaired) electrons. The van der Waals surface area contributed by atoms with E-state index >= 15 is 0 Å². The van der Waals surface area contributed by atoms with Crippen molar-refractivity contribution in [3.63, 3.8) is 0 Å². The van der Waals surface area contributed by atoms with E-state index in [0.717, 1.165) is 47.7 Å². The zero-order valence-electron chi connectivity index (χ0n) is 18.0. The molecule has 1 amide bonds. The second-order valence-corrected chi connectivity index (χ2v) is 8.51. The summed E-state index contributed by atoms with van der Waals surface area (Å²) >= 11 is 1.44. The number of hydrogen-bond donors (Lipinski definition) is 2. The molecule has 1 aliphatic rings. The van der Waals surface area contributed by atoms with Gasteiger partial charge in [0.2, 0.25) is 11.1 Å². The molecule has 0 spiro atoms. The number of thioether (sulfide) groups is 1. The number of nitrogens with zero attached hydrogens (tertiary/aromatic N) is 3. The molecule has 8 heteroatoms. The lowest BCUT2D eigenvalue weighted by molar-refractivity contribution is -0.116. The maximum absolute atomic E-state index is 13.4. The molecule has 4 rings (SSSR count). The van der Waals surface area contributed by atoms with E-state index in [4.69, 9.17) is 4.74 Å². The van der Waals surface area contributed by atoms with Crippen LogP contribution in [0.15, 0.2) is 53.7 Å². The fraction of sp³-hybridized carbons (Fsp3) is 0.348. The number of methoxy groups -OCH3 is 1. The molecule has 0 aliphatic carbocycles. The molecule has 162 valence electrons. The fourth-order valence-corrected chi connectivity index (χ4v) is 4.80. The molecule has 31 heavy (non-hydrogen) atoms. The number of rotatable bonds is 7. The second-order valence-electron chi connectivity index (χ2n) is 7.40. The van der Waals surface area contributed by atoms with Gasteiger partial charge < -0.3 is 15.5 Å². The number of nitrogens with one attached hydrogen (secondary N) is 2. The average Bonchev–Trinajstić information content (AvgIpc) is 3.20. The quantitative estimate of drug-likeness (QED) is 0.577. The van der Waals surface area contributed by atoms with E-state index in [0.29, 0.717) is 5.16 Å². The van der Waals surface area contributed by atoms with Gasteiger partial charge in [0.1, 0.15) is 11.0 Å². The monoisotopic (exact) mass is 437 g/mol. The Morgan fingerprint density at radius 3 is 2.65 bits per heavy atom. The van der Waals surface area contributed by atoms with Crippen molar-refractivity contribution in [1.29, 1.82) is 0 Å². The summed E-state index contributed by atoms with van der Waals surface area (Å²) < 4.78 is 7.22. The highest BCUT2D eigenvalue weighted by Gasteiger charge is 2.38. The molecule has 0 saturated heterocycles. The van der Waals surface area contributed by atoms with Gasteiger partial charge in [-0.2, -0.15) is 0 Å². The number of fused-ring (bicyclic) bond motifs is 1. The third-order valence-electron chi connectivity index (χ3n) is 5.37. The van der Waals surface area contributed by atoms with Gasteiger partial charge in [-0.25, -0.2) is 4.68 Å². The molecule has 3 aromatic rings. The van der Waals surface area contributed by atoms with Crippen LogP contribution in [0.5, 0.6) is 5.75 Å². The number of carbonyl (C=O) groups is 1. The van der Waals surface area contributed by atoms with Crippen molar-refractivity contribution in [2.45, 2.75) is 49.6 Å². The Hall–Kier alpha value is -3.00. The number of hydrogen-bond acceptors (Lipinski definition) is 6. The van der Waals surface area contributed by atoms with Crippen molar-refractivity contribution in [1.82, 2.24) is 14.9 Å². The predicted molar refractivity (Wildman–Crippen MR) is 123 cm³/mol. The summed E-state index contributed by atoms with van der Waals surface area (Å²) in [4.78, 5) is 13.4. The Kier molecular flexibility index (Phi) is 6.46. The molecular weight excluding hydrogens is 410 g/mol. The largest absolute Gasteiger partial charge is 0.497 e. The topological polar surface area (TPSA) is 81.1 Å². The summed E-state index contributed by atoms with van der Waals surface area (Å²) in [6.45, 7) is 4.19. The first-order chi connectivity index (χ1) is 15.1. The summed E-state index contributed by atoms with van der Waals surface area (Å²) in [5, 5.41) is 12.1. The van der Waals surface area contributed by atoms with Crippen molar-refractivity contribution in [2.75, 3.05) is 17.9 Å². The highest BCUT2D eigenvalue weighted by molar-refractivity contribution is 8.00. The lowest BCUT2D eigenvalue weighted by atomic mass is 10.0. The van der Waals surface area contributed by atoms with Crippen molar-refractivity contribution in [3.8, 4) is 5.75 Å². The van der Waals surface area contributed by atoms with E-state index < -0.39 is 5.25 Å². The SMILES string of the molecule is CCCc1nnc2n1N[C@H](c1ccc(OC)cc1)[C@@H](C(=O)Nc1ccccc1CC)S2. The Balaban J connectivity index is 1.67. The summed E-state index contributed by atoms with van der Waals surface area (Å²) in [6, 6.07) is 15.5. The van der Waals surface area contributed by atoms with Gasteiger partial charge in [0, 0.05) is 12.1 Å². The molecule has 0 unspecified atom stereocenters. The van der Waals surface area contributed by atoms with Crippen LogP contribution < -0.4 is 15.5 Å². The second kappa shape index (κ2) is 9.43. The number of benzene rings is 2. The molecule has 1 aromatic heterocycles. The van der Waals surface area contributed by atoms with Gasteiger partial charge in [-0.1, -0.05) is 55.9 Å². The molecule has 2 N–H and O–H groups in total. The van der Waals surface area contributed by atoms with Gasteiger partial charge in [-0.15, -0.1) is 10.2 Å². The maximum Gasteiger partial charge on any atom is 0.240 e. The standard InChI is InChI=1S/C23H27N5O2S/c1-4-8-19-25-26-23-28(19)27-20(16-11-13-17(30-3)14-12-16)21(31-23)22(29)24-18-10-7-6-9-15(18)5-2/h6-7,9-14,20-21,27H,4-5,8H2,1-3H3,(H,24,29)/t20-,21+/m1/s1. The van der Waals surface area contributed by atoms with Crippen LogP contribution in [0.1, 0.15) is 43.3 Å². The van der Waals surface area contributed by atoms with Crippen LogP contribution in [0.2, 0.25) is 0 Å². The molecular formula is C23H27N5O2S. The fourth-order valence-electron chi connectivity index (χ4n) is 3.70. The lowest BCUT2D eigenvalue weighted by Gasteiger charge is -2.33. The van der Waals surface area contributed by atoms with Crippen LogP contribution in [-0.4, -0.2) is 33.1 Å². The Bertz CT molecular complexity index is 1050. The Morgan fingerprint density at radius 2 is 1.94 bits per heavy atom. The Morgan fingerprint density at radius 1 is 1.16 bits per heavy atom. The van der Waals surface area contributed by atoms with Gasteiger partial charge in [-0.3, -0.25) is 4.79 Å². The molecule has 2 aromatic carbocycles. The maximum atomic E-state index is 13.4. The van der Waals surface area contributed by atoms with Crippen LogP contribution in [0.3, 0.4) is 0 Å². The minimum absolute atomic E-state index is 0.0643. The normalized spacial score (nSPS) is 17.5. The van der Waals surface area contributed by atoms with E-state index in [1.807, 2.05) is 53.2 Å². The smallest absolute Gasteiger partial charge is 0.240 e. The van der Waals surface area contributed by atoms with Crippen molar-refractivity contribution in [2.24, 2.45) is 0 Å². The molecule has 7 nitrogen and oxygen atoms in total. The summed E-state index contributed by atoms with van der Waals surface area (Å²) in [7, 11) is 1.64. The minimum atomic E-state index is -0.413. The van der Waals surface area contributed by atoms with E-state index in [-0.39, 0.29) is 11.9 Å². The van der Waals surface area contributed by atoms with Crippen LogP contribution in [0.25, 0.3) is 0 Å². The zero-order valence-corrected chi connectivity index (χ0v) is 18.8. The third-order valence-corrected chi connectivity index (χ3v) is 6.58. The van der Waals surface area contributed by atoms with Crippen LogP contribution in [0.4, 0.5) is 5.69 Å². The van der Waals surface area contributed by atoms with E-state index in [2.05, 4.69) is 34.8 Å². The predicted octanol–water partition coefficient (Wildman–Crippen LogP) is 4.20. The number of carbonyl (C=O) groups excluding carboxylic acids is 1. The molecule has 0 bridgehead atoms. The van der Waals surface area contributed by atoms with Crippen molar-refractivity contribution in [3.05, 3.63) is 65.5 Å². The van der Waals surface area contributed by atoms with Crippen LogP contribution in [-0.2, 0) is 17.6 Å². The molecule has 1 aliphatic heterocycles. The van der Waals surface area contributed by atoms with Crippen molar-refractivity contribution >= 4 is 23.4 Å². The molecule has 0 saturated carbocycles. The highest BCUT2D eigenvalue weighted by Crippen LogP contribution is 2.38. The zero-order chi connectivity index (χ0) is 21.8. The van der Waals surface area contributed by atoms with Gasteiger partial charge in [0.15, 0.2) is 5.82 Å². The van der Waals surface area contributed by atoms with Gasteiger partial charge in [0.25, 0.3) is 0 Å². The third kappa shape index (κ3) is 4.39. The first-order valence-corrected chi connectivity index (χ1v) is 11.4.